The summed E-state index contributed by atoms with van der Waals surface area (Å²) in [5.41, 5.74) is 4.81. The topological polar surface area (TPSA) is 54.3 Å². The maximum absolute atomic E-state index is 13.4. The van der Waals surface area contributed by atoms with Gasteiger partial charge in [-0.2, -0.15) is 0 Å². The fourth-order valence-corrected chi connectivity index (χ4v) is 3.47. The van der Waals surface area contributed by atoms with Crippen LogP contribution in [0.1, 0.15) is 50.0 Å². The quantitative estimate of drug-likeness (QED) is 0.398. The van der Waals surface area contributed by atoms with Crippen molar-refractivity contribution in [2.75, 3.05) is 0 Å². The van der Waals surface area contributed by atoms with Crippen LogP contribution in [0.25, 0.3) is 17.0 Å². The number of nitrogens with one attached hydrogen (secondary N) is 1. The molecule has 0 aliphatic rings. The van der Waals surface area contributed by atoms with Crippen LogP contribution in [0.15, 0.2) is 60.8 Å². The van der Waals surface area contributed by atoms with E-state index in [1.807, 2.05) is 18.2 Å². The molecule has 0 unspecified atom stereocenters. The molecule has 0 spiro atoms. The number of carbonyl (C=O) groups excluding carboxylic acids is 2. The maximum Gasteiger partial charge on any atom is 0.269 e. The summed E-state index contributed by atoms with van der Waals surface area (Å²) in [7, 11) is 0. The predicted octanol–water partition coefficient (Wildman–Crippen LogP) is 5.42. The normalized spacial score (nSPS) is 11.6. The van der Waals surface area contributed by atoms with Gasteiger partial charge in [0.05, 0.1) is 0 Å². The minimum Gasteiger partial charge on any atom is -0.347 e. The van der Waals surface area contributed by atoms with Crippen molar-refractivity contribution in [3.8, 4) is 0 Å². The lowest BCUT2D eigenvalue weighted by atomic mass is 10.1. The van der Waals surface area contributed by atoms with Gasteiger partial charge in [0.2, 0.25) is 0 Å². The van der Waals surface area contributed by atoms with Crippen LogP contribution < -0.4 is 5.43 Å². The molecule has 6 heteroatoms. The molecule has 2 amide bonds. The lowest BCUT2D eigenvalue weighted by Crippen LogP contribution is -2.49. The van der Waals surface area contributed by atoms with Gasteiger partial charge in [0.15, 0.2) is 0 Å². The van der Waals surface area contributed by atoms with Gasteiger partial charge in [-0.1, -0.05) is 38.1 Å². The number of para-hydroxylation sites is 1. The summed E-state index contributed by atoms with van der Waals surface area (Å²) in [6.07, 6.45) is 6.36. The third-order valence-corrected chi connectivity index (χ3v) is 5.23. The van der Waals surface area contributed by atoms with Gasteiger partial charge in [0.25, 0.3) is 11.8 Å². The molecule has 0 radical (unpaired) electrons. The van der Waals surface area contributed by atoms with Crippen molar-refractivity contribution in [1.82, 2.24) is 15.0 Å². The highest BCUT2D eigenvalue weighted by atomic mass is 19.1. The van der Waals surface area contributed by atoms with E-state index < -0.39 is 11.7 Å². The number of hydrazine groups is 1. The van der Waals surface area contributed by atoms with Crippen molar-refractivity contribution < 1.29 is 14.0 Å². The van der Waals surface area contributed by atoms with Crippen LogP contribution in [0.3, 0.4) is 0 Å². The molecule has 0 atom stereocenters. The first-order chi connectivity index (χ1) is 15.3. The Morgan fingerprint density at radius 3 is 2.53 bits per heavy atom. The highest BCUT2D eigenvalue weighted by molar-refractivity contribution is 5.99. The van der Waals surface area contributed by atoms with Crippen LogP contribution >= 0.6 is 0 Å². The Hall–Kier alpha value is -3.41. The Balaban J connectivity index is 1.80. The monoisotopic (exact) mass is 435 g/mol. The fraction of sp³-hybridized carbons (Fsp3) is 0.308. The van der Waals surface area contributed by atoms with E-state index >= 15 is 0 Å². The third-order valence-electron chi connectivity index (χ3n) is 5.23. The molecule has 0 fully saturated rings. The van der Waals surface area contributed by atoms with E-state index in [9.17, 15) is 14.0 Å². The van der Waals surface area contributed by atoms with Crippen LogP contribution in [-0.4, -0.2) is 27.4 Å². The third kappa shape index (κ3) is 5.63. The number of fused-ring (bicyclic) bond motifs is 1. The molecular formula is C26H30FN3O2. The molecule has 1 heterocycles. The smallest absolute Gasteiger partial charge is 0.269 e. The molecule has 1 N–H and O–H groups in total. The molecule has 32 heavy (non-hydrogen) atoms. The summed E-state index contributed by atoms with van der Waals surface area (Å²) < 4.78 is 15.7. The zero-order chi connectivity index (χ0) is 23.3. The molecule has 0 bridgehead atoms. The number of carbonyl (C=O) groups is 2. The first kappa shape index (κ1) is 23.3. The van der Waals surface area contributed by atoms with Crippen molar-refractivity contribution in [3.63, 3.8) is 0 Å². The molecule has 3 aromatic rings. The number of nitrogens with zero attached hydrogens (tertiary/aromatic N) is 2. The van der Waals surface area contributed by atoms with Crippen LogP contribution in [0, 0.1) is 11.7 Å². The van der Waals surface area contributed by atoms with Gasteiger partial charge < -0.3 is 4.57 Å². The minimum atomic E-state index is -0.537. The van der Waals surface area contributed by atoms with Gasteiger partial charge >= 0.3 is 0 Å². The van der Waals surface area contributed by atoms with Crippen molar-refractivity contribution in [2.45, 2.75) is 46.7 Å². The summed E-state index contributed by atoms with van der Waals surface area (Å²) >= 11 is 0. The molecular weight excluding hydrogens is 405 g/mol. The molecule has 1 aromatic heterocycles. The van der Waals surface area contributed by atoms with Gasteiger partial charge in [-0.15, -0.1) is 0 Å². The Bertz CT molecular complexity index is 1130. The van der Waals surface area contributed by atoms with Gasteiger partial charge in [0.1, 0.15) is 5.82 Å². The Labute approximate surface area is 188 Å². The second kappa shape index (κ2) is 10.3. The number of aromatic nitrogens is 1. The molecule has 0 aliphatic carbocycles. The minimum absolute atomic E-state index is 0.153. The standard InChI is InChI=1S/C26H30FN3O2/c1-18(2)14-15-29-17-21(23-10-5-6-11-24(23)29)12-13-25(31)30(19(3)4)28-26(32)20-8-7-9-22(27)16-20/h5-13,16-19H,14-15H2,1-4H3,(H,28,32)/b13-12+. The van der Waals surface area contributed by atoms with Gasteiger partial charge in [-0.25, -0.2) is 9.40 Å². The van der Waals surface area contributed by atoms with Gasteiger partial charge in [-0.3, -0.25) is 15.0 Å². The Morgan fingerprint density at radius 1 is 1.09 bits per heavy atom. The van der Waals surface area contributed by atoms with Crippen molar-refractivity contribution in [2.24, 2.45) is 5.92 Å². The van der Waals surface area contributed by atoms with Gasteiger partial charge in [-0.05, 0) is 56.5 Å². The maximum atomic E-state index is 13.4. The van der Waals surface area contributed by atoms with Crippen LogP contribution in [-0.2, 0) is 11.3 Å². The van der Waals surface area contributed by atoms with Crippen molar-refractivity contribution in [3.05, 3.63) is 77.7 Å². The highest BCUT2D eigenvalue weighted by Crippen LogP contribution is 2.23. The van der Waals surface area contributed by atoms with E-state index in [4.69, 9.17) is 0 Å². The Kier molecular flexibility index (Phi) is 7.46. The van der Waals surface area contributed by atoms with E-state index in [-0.39, 0.29) is 17.5 Å². The average molecular weight is 436 g/mol. The van der Waals surface area contributed by atoms with Crippen LogP contribution in [0.2, 0.25) is 0 Å². The number of hydrogen-bond donors (Lipinski definition) is 1. The summed E-state index contributed by atoms with van der Waals surface area (Å²) in [4.78, 5) is 25.4. The van der Waals surface area contributed by atoms with E-state index in [0.717, 1.165) is 35.5 Å². The first-order valence-corrected chi connectivity index (χ1v) is 10.9. The zero-order valence-electron chi connectivity index (χ0n) is 19.0. The number of halogens is 1. The zero-order valence-corrected chi connectivity index (χ0v) is 19.0. The molecule has 168 valence electrons. The van der Waals surface area contributed by atoms with Crippen molar-refractivity contribution in [1.29, 1.82) is 0 Å². The SMILES string of the molecule is CC(C)CCn1cc(/C=C/C(=O)N(NC(=O)c2cccc(F)c2)C(C)C)c2ccccc21. The molecule has 2 aromatic carbocycles. The lowest BCUT2D eigenvalue weighted by Gasteiger charge is -2.25. The summed E-state index contributed by atoms with van der Waals surface area (Å²) in [6, 6.07) is 13.2. The number of aryl methyl sites for hydroxylation is 1. The number of benzene rings is 2. The number of rotatable bonds is 7. The lowest BCUT2D eigenvalue weighted by molar-refractivity contribution is -0.130. The van der Waals surface area contributed by atoms with Crippen LogP contribution in [0.4, 0.5) is 4.39 Å². The Morgan fingerprint density at radius 2 is 1.84 bits per heavy atom. The summed E-state index contributed by atoms with van der Waals surface area (Å²) in [6.45, 7) is 8.90. The predicted molar refractivity (Wildman–Crippen MR) is 126 cm³/mol. The largest absolute Gasteiger partial charge is 0.347 e. The van der Waals surface area contributed by atoms with Crippen LogP contribution in [0.5, 0.6) is 0 Å². The fourth-order valence-electron chi connectivity index (χ4n) is 3.47. The summed E-state index contributed by atoms with van der Waals surface area (Å²) in [5.74, 6) is -0.805. The highest BCUT2D eigenvalue weighted by Gasteiger charge is 2.19. The van der Waals surface area contributed by atoms with E-state index in [0.29, 0.717) is 5.92 Å². The molecule has 0 saturated heterocycles. The molecule has 5 nitrogen and oxygen atoms in total. The van der Waals surface area contributed by atoms with E-state index in [1.165, 1.54) is 29.3 Å². The molecule has 0 aliphatic heterocycles. The second-order valence-electron chi connectivity index (χ2n) is 8.56. The molecule has 3 rings (SSSR count). The van der Waals surface area contributed by atoms with Crippen molar-refractivity contribution >= 4 is 28.8 Å². The second-order valence-corrected chi connectivity index (χ2v) is 8.56. The van der Waals surface area contributed by atoms with E-state index in [1.54, 1.807) is 19.9 Å². The number of hydrogen-bond acceptors (Lipinski definition) is 2. The van der Waals surface area contributed by atoms with E-state index in [2.05, 4.69) is 36.1 Å². The average Bonchev–Trinajstić information content (AvgIpc) is 3.11. The molecule has 0 saturated carbocycles. The first-order valence-electron chi connectivity index (χ1n) is 10.9. The number of amides is 2. The van der Waals surface area contributed by atoms with Gasteiger partial charge in [0, 0.05) is 46.9 Å². The summed E-state index contributed by atoms with van der Waals surface area (Å²) in [5, 5.41) is 2.32.